The van der Waals surface area contributed by atoms with Gasteiger partial charge in [0.1, 0.15) is 6.17 Å². The Bertz CT molecular complexity index is 895. The van der Waals surface area contributed by atoms with Crippen LogP contribution in [0.15, 0.2) is 65.2 Å². The lowest BCUT2D eigenvalue weighted by atomic mass is 9.92. The van der Waals surface area contributed by atoms with Crippen molar-refractivity contribution in [1.29, 1.82) is 0 Å². The van der Waals surface area contributed by atoms with Crippen molar-refractivity contribution in [3.8, 4) is 11.5 Å². The minimum atomic E-state index is 0.0538. The van der Waals surface area contributed by atoms with E-state index in [1.165, 1.54) is 10.6 Å². The Morgan fingerprint density at radius 2 is 1.90 bits per heavy atom. The summed E-state index contributed by atoms with van der Waals surface area (Å²) in [7, 11) is 1.59. The molecule has 2 heterocycles. The molecule has 0 aromatic heterocycles. The van der Waals surface area contributed by atoms with Gasteiger partial charge in [-0.25, -0.2) is 0 Å². The number of benzene rings is 2. The van der Waals surface area contributed by atoms with E-state index in [9.17, 15) is 5.11 Å². The number of hydrogen-bond donors (Lipinski definition) is 3. The van der Waals surface area contributed by atoms with E-state index >= 15 is 0 Å². The predicted molar refractivity (Wildman–Crippen MR) is 118 cm³/mol. The number of ether oxygens (including phenoxy) is 1. The second kappa shape index (κ2) is 7.94. The fourth-order valence-electron chi connectivity index (χ4n) is 3.77. The van der Waals surface area contributed by atoms with E-state index in [4.69, 9.17) is 4.74 Å². The molecule has 0 amide bonds. The average Bonchev–Trinajstić information content (AvgIpc) is 3.14. The van der Waals surface area contributed by atoms with Gasteiger partial charge in [-0.05, 0) is 42.3 Å². The second-order valence-corrected chi connectivity index (χ2v) is 9.82. The van der Waals surface area contributed by atoms with Gasteiger partial charge in [-0.2, -0.15) is 5.01 Å². The molecule has 3 N–H and O–H groups in total. The number of thioether (sulfide) groups is 1. The van der Waals surface area contributed by atoms with Gasteiger partial charge in [0.15, 0.2) is 11.5 Å². The summed E-state index contributed by atoms with van der Waals surface area (Å²) in [4.78, 5) is 1.26. The number of hydrogen-bond acceptors (Lipinski definition) is 6. The smallest absolute Gasteiger partial charge is 0.160 e. The molecule has 3 unspecified atom stereocenters. The van der Waals surface area contributed by atoms with Crippen molar-refractivity contribution >= 4 is 11.8 Å². The lowest BCUT2D eigenvalue weighted by molar-refractivity contribution is 0.0886. The second-order valence-electron chi connectivity index (χ2n) is 8.57. The predicted octanol–water partition coefficient (Wildman–Crippen LogP) is 4.63. The van der Waals surface area contributed by atoms with Crippen LogP contribution < -0.4 is 15.5 Å². The molecular weight excluding hydrogens is 382 g/mol. The van der Waals surface area contributed by atoms with Crippen molar-refractivity contribution in [2.75, 3.05) is 7.11 Å². The summed E-state index contributed by atoms with van der Waals surface area (Å²) in [5, 5.41) is 16.3. The molecule has 0 bridgehead atoms. The van der Waals surface area contributed by atoms with Crippen LogP contribution in [-0.2, 0) is 0 Å². The zero-order valence-corrected chi connectivity index (χ0v) is 18.2. The van der Waals surface area contributed by atoms with Crippen molar-refractivity contribution in [2.45, 2.75) is 49.7 Å². The van der Waals surface area contributed by atoms with Gasteiger partial charge in [0.25, 0.3) is 0 Å². The first-order valence-corrected chi connectivity index (χ1v) is 10.8. The van der Waals surface area contributed by atoms with Gasteiger partial charge in [0, 0.05) is 22.0 Å². The maximum atomic E-state index is 9.98. The van der Waals surface area contributed by atoms with Crippen molar-refractivity contribution in [2.24, 2.45) is 5.41 Å². The summed E-state index contributed by atoms with van der Waals surface area (Å²) < 4.78 is 5.33. The Morgan fingerprint density at radius 1 is 1.14 bits per heavy atom. The van der Waals surface area contributed by atoms with E-state index in [1.54, 1.807) is 13.2 Å². The number of hydrazine groups is 1. The zero-order valence-electron chi connectivity index (χ0n) is 17.3. The first kappa shape index (κ1) is 20.1. The van der Waals surface area contributed by atoms with E-state index in [-0.39, 0.29) is 28.7 Å². The third kappa shape index (κ3) is 4.25. The number of nitrogens with zero attached hydrogens (tertiary/aromatic N) is 1. The number of methoxy groups -OCH3 is 1. The van der Waals surface area contributed by atoms with Gasteiger partial charge in [0.05, 0.1) is 12.5 Å². The Balaban J connectivity index is 1.64. The van der Waals surface area contributed by atoms with E-state index < -0.39 is 0 Å². The molecule has 4 rings (SSSR count). The maximum absolute atomic E-state index is 9.98. The number of rotatable bonds is 4. The van der Waals surface area contributed by atoms with Crippen molar-refractivity contribution < 1.29 is 9.84 Å². The van der Waals surface area contributed by atoms with Crippen LogP contribution >= 0.6 is 11.8 Å². The number of aromatic hydroxyl groups is 1. The summed E-state index contributed by atoms with van der Waals surface area (Å²) in [6.07, 6.45) is 3.31. The molecular formula is C23H29N3O2S. The minimum Gasteiger partial charge on any atom is -0.504 e. The minimum absolute atomic E-state index is 0.0538. The molecule has 0 spiro atoms. The summed E-state index contributed by atoms with van der Waals surface area (Å²) in [5.41, 5.74) is 6.06. The van der Waals surface area contributed by atoms with Gasteiger partial charge < -0.3 is 15.3 Å². The molecule has 5 nitrogen and oxygen atoms in total. The van der Waals surface area contributed by atoms with Crippen LogP contribution in [0.2, 0.25) is 0 Å². The zero-order chi connectivity index (χ0) is 20.6. The Labute approximate surface area is 177 Å². The van der Waals surface area contributed by atoms with Gasteiger partial charge in [-0.15, -0.1) is 11.8 Å². The first-order chi connectivity index (χ1) is 13.8. The Kier molecular flexibility index (Phi) is 5.51. The SMILES string of the molecule is COc1cc(C2CC(Sc3ccccc3)N3NC(C(C)(C)C)=CC3N2)ccc1O. The van der Waals surface area contributed by atoms with E-state index in [2.05, 4.69) is 66.9 Å². The maximum Gasteiger partial charge on any atom is 0.160 e. The molecule has 0 radical (unpaired) electrons. The van der Waals surface area contributed by atoms with Gasteiger partial charge in [-0.3, -0.25) is 5.32 Å². The molecule has 2 aromatic rings. The molecule has 0 aliphatic carbocycles. The van der Waals surface area contributed by atoms with Crippen LogP contribution in [0.25, 0.3) is 0 Å². The Hall–Kier alpha value is -2.15. The van der Waals surface area contributed by atoms with Gasteiger partial charge in [-0.1, -0.05) is 45.0 Å². The van der Waals surface area contributed by atoms with Crippen molar-refractivity contribution in [3.63, 3.8) is 0 Å². The van der Waals surface area contributed by atoms with Crippen molar-refractivity contribution in [1.82, 2.24) is 15.8 Å². The molecule has 2 aromatic carbocycles. The highest BCUT2D eigenvalue weighted by molar-refractivity contribution is 7.99. The number of allylic oxidation sites excluding steroid dienone is 1. The topological polar surface area (TPSA) is 56.8 Å². The molecule has 2 aliphatic rings. The number of nitrogens with one attached hydrogen (secondary N) is 2. The molecule has 1 fully saturated rings. The quantitative estimate of drug-likeness (QED) is 0.682. The summed E-state index contributed by atoms with van der Waals surface area (Å²) >= 11 is 1.87. The van der Waals surface area contributed by atoms with Gasteiger partial charge >= 0.3 is 0 Å². The van der Waals surface area contributed by atoms with E-state index in [1.807, 2.05) is 30.0 Å². The molecule has 1 saturated heterocycles. The standard InChI is InChI=1S/C23H29N3O2S/c1-23(2,3)20-14-21-24-17(15-10-11-18(27)19(12-15)28-4)13-22(26(21)25-20)29-16-8-6-5-7-9-16/h5-12,14,17,21-22,24-25,27H,13H2,1-4H3. The average molecular weight is 412 g/mol. The largest absolute Gasteiger partial charge is 0.504 e. The molecule has 29 heavy (non-hydrogen) atoms. The number of fused-ring (bicyclic) bond motifs is 1. The van der Waals surface area contributed by atoms with Crippen LogP contribution in [0.4, 0.5) is 0 Å². The van der Waals surface area contributed by atoms with E-state index in [0.717, 1.165) is 12.0 Å². The third-order valence-electron chi connectivity index (χ3n) is 5.42. The highest BCUT2D eigenvalue weighted by Crippen LogP contribution is 2.41. The summed E-state index contributed by atoms with van der Waals surface area (Å²) in [5.74, 6) is 0.677. The van der Waals surface area contributed by atoms with Crippen LogP contribution in [0, 0.1) is 5.41 Å². The van der Waals surface area contributed by atoms with Crippen LogP contribution in [0.5, 0.6) is 11.5 Å². The number of phenolic OH excluding ortho intramolecular Hbond substituents is 1. The van der Waals surface area contributed by atoms with E-state index in [0.29, 0.717) is 5.75 Å². The molecule has 3 atom stereocenters. The highest BCUT2D eigenvalue weighted by Gasteiger charge is 2.41. The third-order valence-corrected chi connectivity index (χ3v) is 6.66. The fourth-order valence-corrected chi connectivity index (χ4v) is 4.99. The lowest BCUT2D eigenvalue weighted by Crippen LogP contribution is -2.57. The van der Waals surface area contributed by atoms with Crippen LogP contribution in [0.3, 0.4) is 0 Å². The summed E-state index contributed by atoms with van der Waals surface area (Å²) in [6, 6.07) is 16.3. The monoisotopic (exact) mass is 411 g/mol. The molecule has 154 valence electrons. The molecule has 6 heteroatoms. The van der Waals surface area contributed by atoms with Gasteiger partial charge in [0.2, 0.25) is 0 Å². The molecule has 0 saturated carbocycles. The first-order valence-electron chi connectivity index (χ1n) is 9.97. The Morgan fingerprint density at radius 3 is 2.59 bits per heavy atom. The van der Waals surface area contributed by atoms with Crippen LogP contribution in [-0.4, -0.2) is 28.8 Å². The highest BCUT2D eigenvalue weighted by atomic mass is 32.2. The number of phenols is 1. The molecule has 2 aliphatic heterocycles. The van der Waals surface area contributed by atoms with Crippen molar-refractivity contribution in [3.05, 3.63) is 65.9 Å². The normalized spacial score (nSPS) is 24.6. The lowest BCUT2D eigenvalue weighted by Gasteiger charge is -2.42. The summed E-state index contributed by atoms with van der Waals surface area (Å²) in [6.45, 7) is 6.68. The fraction of sp³-hybridized carbons (Fsp3) is 0.391. The van der Waals surface area contributed by atoms with Crippen LogP contribution in [0.1, 0.15) is 38.8 Å².